The number of rotatable bonds is 3. The third-order valence-electron chi connectivity index (χ3n) is 3.17. The molecule has 1 atom stereocenters. The van der Waals surface area contributed by atoms with Gasteiger partial charge < -0.3 is 10.1 Å². The number of nitrogens with one attached hydrogen (secondary N) is 1. The maximum absolute atomic E-state index is 10.8. The highest BCUT2D eigenvalue weighted by Crippen LogP contribution is 2.32. The van der Waals surface area contributed by atoms with Crippen LogP contribution >= 0.6 is 0 Å². The molecule has 0 bridgehead atoms. The van der Waals surface area contributed by atoms with E-state index >= 15 is 0 Å². The van der Waals surface area contributed by atoms with Crippen molar-refractivity contribution in [2.45, 2.75) is 18.8 Å². The summed E-state index contributed by atoms with van der Waals surface area (Å²) in [6.45, 7) is 1.99. The van der Waals surface area contributed by atoms with E-state index in [0.717, 1.165) is 31.5 Å². The Hall–Kier alpha value is -1.62. The van der Waals surface area contributed by atoms with Crippen LogP contribution in [0, 0.1) is 10.1 Å². The molecule has 1 saturated heterocycles. The molecular formula is C12H16N2O3. The molecule has 92 valence electrons. The minimum Gasteiger partial charge on any atom is -0.490 e. The molecule has 1 fully saturated rings. The largest absolute Gasteiger partial charge is 0.490 e. The highest BCUT2D eigenvalue weighted by molar-refractivity contribution is 5.49. The average molecular weight is 236 g/mol. The van der Waals surface area contributed by atoms with Gasteiger partial charge in [-0.1, -0.05) is 6.07 Å². The molecule has 1 aromatic rings. The molecule has 1 unspecified atom stereocenters. The maximum atomic E-state index is 10.8. The Morgan fingerprint density at radius 3 is 2.94 bits per heavy atom. The van der Waals surface area contributed by atoms with Crippen molar-refractivity contribution >= 4 is 5.69 Å². The van der Waals surface area contributed by atoms with E-state index in [0.29, 0.717) is 11.7 Å². The van der Waals surface area contributed by atoms with Crippen LogP contribution in [0.25, 0.3) is 0 Å². The van der Waals surface area contributed by atoms with E-state index in [1.807, 2.05) is 6.07 Å². The Morgan fingerprint density at radius 2 is 2.35 bits per heavy atom. The van der Waals surface area contributed by atoms with Crippen molar-refractivity contribution < 1.29 is 9.66 Å². The first-order valence-electron chi connectivity index (χ1n) is 5.75. The third kappa shape index (κ3) is 2.55. The van der Waals surface area contributed by atoms with Crippen LogP contribution in [0.3, 0.4) is 0 Å². The summed E-state index contributed by atoms with van der Waals surface area (Å²) in [5, 5.41) is 14.1. The van der Waals surface area contributed by atoms with E-state index in [9.17, 15) is 10.1 Å². The van der Waals surface area contributed by atoms with E-state index in [1.165, 1.54) is 13.2 Å². The van der Waals surface area contributed by atoms with Crippen molar-refractivity contribution in [3.05, 3.63) is 33.9 Å². The number of nitrogens with zero attached hydrogens (tertiary/aromatic N) is 1. The molecule has 1 aromatic carbocycles. The topological polar surface area (TPSA) is 64.4 Å². The predicted octanol–water partition coefficient (Wildman–Crippen LogP) is 2.07. The molecule has 5 nitrogen and oxygen atoms in total. The van der Waals surface area contributed by atoms with E-state index in [1.54, 1.807) is 6.07 Å². The number of nitro groups is 1. The van der Waals surface area contributed by atoms with Gasteiger partial charge >= 0.3 is 5.69 Å². The second kappa shape index (κ2) is 5.14. The summed E-state index contributed by atoms with van der Waals surface area (Å²) in [6, 6.07) is 5.15. The number of hydrogen-bond acceptors (Lipinski definition) is 4. The van der Waals surface area contributed by atoms with E-state index in [2.05, 4.69) is 5.32 Å². The molecule has 0 saturated carbocycles. The summed E-state index contributed by atoms with van der Waals surface area (Å²) in [7, 11) is 1.46. The fraction of sp³-hybridized carbons (Fsp3) is 0.500. The average Bonchev–Trinajstić information content (AvgIpc) is 2.39. The monoisotopic (exact) mass is 236 g/mol. The lowest BCUT2D eigenvalue weighted by Crippen LogP contribution is -2.28. The van der Waals surface area contributed by atoms with E-state index in [4.69, 9.17) is 4.74 Å². The van der Waals surface area contributed by atoms with Gasteiger partial charge in [0.05, 0.1) is 12.0 Å². The zero-order valence-corrected chi connectivity index (χ0v) is 9.81. The van der Waals surface area contributed by atoms with Crippen LogP contribution in [0.2, 0.25) is 0 Å². The van der Waals surface area contributed by atoms with Crippen LogP contribution in [-0.2, 0) is 0 Å². The Balaban J connectivity index is 2.27. The van der Waals surface area contributed by atoms with Gasteiger partial charge in [0.1, 0.15) is 0 Å². The molecule has 0 aliphatic carbocycles. The van der Waals surface area contributed by atoms with E-state index in [-0.39, 0.29) is 5.69 Å². The number of hydrogen-bond donors (Lipinski definition) is 1. The molecule has 0 spiro atoms. The standard InChI is InChI=1S/C12H16N2O3/c1-17-12-7-9(4-5-11(12)14(15)16)10-3-2-6-13-8-10/h4-5,7,10,13H,2-3,6,8H2,1H3. The van der Waals surface area contributed by atoms with Crippen LogP contribution in [0.1, 0.15) is 24.3 Å². The van der Waals surface area contributed by atoms with Gasteiger partial charge in [-0.25, -0.2) is 0 Å². The molecule has 1 aliphatic heterocycles. The minimum absolute atomic E-state index is 0.0278. The predicted molar refractivity (Wildman–Crippen MR) is 64.5 cm³/mol. The van der Waals surface area contributed by atoms with Gasteiger partial charge in [-0.05, 0) is 36.9 Å². The molecule has 1 heterocycles. The highest BCUT2D eigenvalue weighted by atomic mass is 16.6. The Bertz CT molecular complexity index is 414. The summed E-state index contributed by atoms with van der Waals surface area (Å²) in [6.07, 6.45) is 2.26. The van der Waals surface area contributed by atoms with Crippen molar-refractivity contribution in [3.63, 3.8) is 0 Å². The molecule has 1 N–H and O–H groups in total. The lowest BCUT2D eigenvalue weighted by atomic mass is 9.91. The van der Waals surface area contributed by atoms with Gasteiger partial charge in [0.15, 0.2) is 5.75 Å². The second-order valence-electron chi connectivity index (χ2n) is 4.23. The summed E-state index contributed by atoms with van der Waals surface area (Å²) in [4.78, 5) is 10.4. The van der Waals surface area contributed by atoms with Gasteiger partial charge in [0, 0.05) is 12.6 Å². The SMILES string of the molecule is COc1cc(C2CCCNC2)ccc1[N+](=O)[O-]. The molecule has 0 amide bonds. The Morgan fingerprint density at radius 1 is 1.53 bits per heavy atom. The molecule has 5 heteroatoms. The first-order valence-corrected chi connectivity index (χ1v) is 5.75. The van der Waals surface area contributed by atoms with Gasteiger partial charge in [0.2, 0.25) is 0 Å². The molecule has 0 aromatic heterocycles. The number of benzene rings is 1. The van der Waals surface area contributed by atoms with Crippen LogP contribution in [0.4, 0.5) is 5.69 Å². The number of piperidine rings is 1. The minimum atomic E-state index is -0.415. The summed E-state index contributed by atoms with van der Waals surface area (Å²) in [5.41, 5.74) is 1.14. The molecule has 0 radical (unpaired) electrons. The Labute approximate surface area is 99.9 Å². The fourth-order valence-electron chi connectivity index (χ4n) is 2.24. The lowest BCUT2D eigenvalue weighted by Gasteiger charge is -2.23. The van der Waals surface area contributed by atoms with Gasteiger partial charge in [0.25, 0.3) is 0 Å². The second-order valence-corrected chi connectivity index (χ2v) is 4.23. The summed E-state index contributed by atoms with van der Waals surface area (Å²) >= 11 is 0. The normalized spacial score (nSPS) is 19.9. The summed E-state index contributed by atoms with van der Waals surface area (Å²) in [5.74, 6) is 0.775. The van der Waals surface area contributed by atoms with Crippen molar-refractivity contribution in [1.29, 1.82) is 0 Å². The fourth-order valence-corrected chi connectivity index (χ4v) is 2.24. The summed E-state index contributed by atoms with van der Waals surface area (Å²) < 4.78 is 5.08. The lowest BCUT2D eigenvalue weighted by molar-refractivity contribution is -0.385. The van der Waals surface area contributed by atoms with E-state index < -0.39 is 4.92 Å². The molecular weight excluding hydrogens is 220 g/mol. The number of nitro benzene ring substituents is 1. The van der Waals surface area contributed by atoms with Crippen molar-refractivity contribution in [3.8, 4) is 5.75 Å². The Kier molecular flexibility index (Phi) is 3.58. The first-order chi connectivity index (χ1) is 8.22. The van der Waals surface area contributed by atoms with Crippen molar-refractivity contribution in [2.75, 3.05) is 20.2 Å². The zero-order valence-electron chi connectivity index (χ0n) is 9.81. The van der Waals surface area contributed by atoms with Gasteiger partial charge in [-0.3, -0.25) is 10.1 Å². The highest BCUT2D eigenvalue weighted by Gasteiger charge is 2.20. The van der Waals surface area contributed by atoms with Crippen molar-refractivity contribution in [2.24, 2.45) is 0 Å². The molecule has 2 rings (SSSR count). The van der Waals surface area contributed by atoms with Crippen LogP contribution in [0.5, 0.6) is 5.75 Å². The van der Waals surface area contributed by atoms with Crippen LogP contribution in [0.15, 0.2) is 18.2 Å². The van der Waals surface area contributed by atoms with Gasteiger partial charge in [-0.15, -0.1) is 0 Å². The first kappa shape index (κ1) is 11.9. The van der Waals surface area contributed by atoms with Gasteiger partial charge in [-0.2, -0.15) is 0 Å². The zero-order chi connectivity index (χ0) is 12.3. The molecule has 17 heavy (non-hydrogen) atoms. The molecule has 1 aliphatic rings. The number of methoxy groups -OCH3 is 1. The van der Waals surface area contributed by atoms with Crippen LogP contribution in [-0.4, -0.2) is 25.1 Å². The smallest absolute Gasteiger partial charge is 0.310 e. The number of ether oxygens (including phenoxy) is 1. The maximum Gasteiger partial charge on any atom is 0.310 e. The van der Waals surface area contributed by atoms with Crippen molar-refractivity contribution in [1.82, 2.24) is 5.32 Å². The quantitative estimate of drug-likeness (QED) is 0.644. The van der Waals surface area contributed by atoms with Crippen LogP contribution < -0.4 is 10.1 Å². The third-order valence-corrected chi connectivity index (χ3v) is 3.17.